The van der Waals surface area contributed by atoms with E-state index in [4.69, 9.17) is 5.73 Å². The molecule has 1 saturated carbocycles. The Balaban J connectivity index is 1.46. The number of unbranched alkanes of at least 4 members (excludes halogenated alkanes) is 2. The summed E-state index contributed by atoms with van der Waals surface area (Å²) in [6, 6.07) is 0. The lowest BCUT2D eigenvalue weighted by molar-refractivity contribution is 0.0841. The summed E-state index contributed by atoms with van der Waals surface area (Å²) >= 11 is 0. The van der Waals surface area contributed by atoms with Crippen molar-refractivity contribution in [3.63, 3.8) is 0 Å². The molecule has 0 heterocycles. The van der Waals surface area contributed by atoms with Gasteiger partial charge in [0.1, 0.15) is 0 Å². The van der Waals surface area contributed by atoms with Gasteiger partial charge in [-0.3, -0.25) is 0 Å². The Labute approximate surface area is 113 Å². The molecule has 0 bridgehead atoms. The van der Waals surface area contributed by atoms with Crippen LogP contribution in [0.15, 0.2) is 12.2 Å². The summed E-state index contributed by atoms with van der Waals surface area (Å²) in [6.45, 7) is 3.31. The van der Waals surface area contributed by atoms with Gasteiger partial charge >= 0.3 is 0 Å². The van der Waals surface area contributed by atoms with Crippen LogP contribution in [-0.4, -0.2) is 6.54 Å². The molecule has 2 aliphatic carbocycles. The highest BCUT2D eigenvalue weighted by Crippen LogP contribution is 2.42. The molecule has 2 rings (SSSR count). The van der Waals surface area contributed by atoms with Crippen molar-refractivity contribution in [2.45, 2.75) is 64.7 Å². The lowest BCUT2D eigenvalue weighted by Gasteiger charge is -2.42. The minimum Gasteiger partial charge on any atom is -0.330 e. The van der Waals surface area contributed by atoms with Crippen molar-refractivity contribution in [1.82, 2.24) is 0 Å². The third kappa shape index (κ3) is 3.85. The molecule has 1 heteroatoms. The first kappa shape index (κ1) is 14.1. The van der Waals surface area contributed by atoms with Gasteiger partial charge in [0, 0.05) is 0 Å². The summed E-state index contributed by atoms with van der Waals surface area (Å²) in [6.07, 6.45) is 17.5. The molecule has 1 fully saturated rings. The van der Waals surface area contributed by atoms with Crippen LogP contribution in [0.4, 0.5) is 0 Å². The maximum atomic E-state index is 5.74. The normalized spacial score (nSPS) is 35.4. The van der Waals surface area contributed by atoms with Crippen LogP contribution in [0.2, 0.25) is 0 Å². The molecule has 0 aromatic carbocycles. The Morgan fingerprint density at radius 3 is 2.56 bits per heavy atom. The topological polar surface area (TPSA) is 26.0 Å². The number of allylic oxidation sites excluding steroid dienone is 2. The van der Waals surface area contributed by atoms with E-state index in [-0.39, 0.29) is 0 Å². The Kier molecular flexibility index (Phi) is 5.75. The molecule has 2 aliphatic rings. The van der Waals surface area contributed by atoms with Crippen molar-refractivity contribution in [3.8, 4) is 0 Å². The molecule has 0 radical (unpaired) electrons. The molecule has 0 aromatic rings. The van der Waals surface area contributed by atoms with E-state index in [0.29, 0.717) is 0 Å². The second-order valence-electron chi connectivity index (χ2n) is 6.64. The first-order valence-electron chi connectivity index (χ1n) is 8.16. The Morgan fingerprint density at radius 2 is 1.89 bits per heavy atom. The van der Waals surface area contributed by atoms with Crippen LogP contribution in [0.25, 0.3) is 0 Å². The zero-order valence-electron chi connectivity index (χ0n) is 12.1. The van der Waals surface area contributed by atoms with Crippen molar-refractivity contribution in [1.29, 1.82) is 0 Å². The number of nitrogens with two attached hydrogens (primary N) is 1. The predicted molar refractivity (Wildman–Crippen MR) is 79.4 cm³/mol. The van der Waals surface area contributed by atoms with Crippen molar-refractivity contribution in [2.24, 2.45) is 29.4 Å². The van der Waals surface area contributed by atoms with Gasteiger partial charge in [-0.2, -0.15) is 0 Å². The van der Waals surface area contributed by atoms with E-state index >= 15 is 0 Å². The van der Waals surface area contributed by atoms with Crippen LogP contribution in [0.1, 0.15) is 64.7 Å². The fourth-order valence-electron chi connectivity index (χ4n) is 3.83. The molecule has 18 heavy (non-hydrogen) atoms. The van der Waals surface area contributed by atoms with Gasteiger partial charge in [-0.1, -0.05) is 51.2 Å². The van der Waals surface area contributed by atoms with Crippen LogP contribution < -0.4 is 5.73 Å². The standard InChI is InChI=1S/C17H31N/c1-14-16(12-17(14)13-18)11-7-3-6-10-15-8-4-2-5-9-15/h2,4,14-17H,3,5-13,18H2,1H3. The van der Waals surface area contributed by atoms with E-state index < -0.39 is 0 Å². The number of hydrogen-bond acceptors (Lipinski definition) is 1. The van der Waals surface area contributed by atoms with Gasteiger partial charge in [0.15, 0.2) is 0 Å². The summed E-state index contributed by atoms with van der Waals surface area (Å²) in [5, 5.41) is 0. The average molecular weight is 249 g/mol. The van der Waals surface area contributed by atoms with Crippen molar-refractivity contribution < 1.29 is 0 Å². The van der Waals surface area contributed by atoms with Crippen LogP contribution in [-0.2, 0) is 0 Å². The molecule has 104 valence electrons. The van der Waals surface area contributed by atoms with Gasteiger partial charge in [0.05, 0.1) is 0 Å². The molecule has 0 amide bonds. The quantitative estimate of drug-likeness (QED) is 0.521. The lowest BCUT2D eigenvalue weighted by Crippen LogP contribution is -2.39. The van der Waals surface area contributed by atoms with Gasteiger partial charge in [-0.25, -0.2) is 0 Å². The van der Waals surface area contributed by atoms with E-state index in [9.17, 15) is 0 Å². The number of hydrogen-bond donors (Lipinski definition) is 1. The second kappa shape index (κ2) is 7.33. The summed E-state index contributed by atoms with van der Waals surface area (Å²) in [7, 11) is 0. The van der Waals surface area contributed by atoms with E-state index in [1.807, 2.05) is 0 Å². The highest BCUT2D eigenvalue weighted by molar-refractivity contribution is 4.90. The van der Waals surface area contributed by atoms with E-state index in [1.54, 1.807) is 0 Å². The minimum absolute atomic E-state index is 0.837. The molecule has 0 spiro atoms. The lowest BCUT2D eigenvalue weighted by atomic mass is 9.64. The molecule has 4 atom stereocenters. The second-order valence-corrected chi connectivity index (χ2v) is 6.64. The molecule has 4 unspecified atom stereocenters. The maximum absolute atomic E-state index is 5.74. The molecule has 0 aliphatic heterocycles. The van der Waals surface area contributed by atoms with Gasteiger partial charge in [-0.15, -0.1) is 0 Å². The molecular formula is C17H31N. The van der Waals surface area contributed by atoms with Crippen LogP contribution >= 0.6 is 0 Å². The summed E-state index contributed by atoms with van der Waals surface area (Å²) in [5.74, 6) is 3.73. The summed E-state index contributed by atoms with van der Waals surface area (Å²) in [5.41, 5.74) is 5.74. The average Bonchev–Trinajstić information content (AvgIpc) is 2.41. The molecule has 2 N–H and O–H groups in total. The summed E-state index contributed by atoms with van der Waals surface area (Å²) < 4.78 is 0. The SMILES string of the molecule is CC1C(CN)CC1CCCCCC1CC=CCC1. The maximum Gasteiger partial charge on any atom is -0.00461 e. The largest absolute Gasteiger partial charge is 0.330 e. The Bertz CT molecular complexity index is 258. The van der Waals surface area contributed by atoms with Gasteiger partial charge in [0.25, 0.3) is 0 Å². The molecular weight excluding hydrogens is 218 g/mol. The molecule has 0 aromatic heterocycles. The van der Waals surface area contributed by atoms with Crippen LogP contribution in [0.3, 0.4) is 0 Å². The zero-order valence-corrected chi connectivity index (χ0v) is 12.1. The highest BCUT2D eigenvalue weighted by atomic mass is 14.6. The highest BCUT2D eigenvalue weighted by Gasteiger charge is 2.35. The third-order valence-corrected chi connectivity index (χ3v) is 5.46. The Hall–Kier alpha value is -0.300. The third-order valence-electron chi connectivity index (χ3n) is 5.46. The smallest absolute Gasteiger partial charge is 0.00461 e. The van der Waals surface area contributed by atoms with Gasteiger partial charge < -0.3 is 5.73 Å². The minimum atomic E-state index is 0.837. The molecule has 1 nitrogen and oxygen atoms in total. The van der Waals surface area contributed by atoms with Crippen molar-refractivity contribution >= 4 is 0 Å². The van der Waals surface area contributed by atoms with E-state index in [1.165, 1.54) is 57.8 Å². The monoisotopic (exact) mass is 249 g/mol. The van der Waals surface area contributed by atoms with Crippen molar-refractivity contribution in [3.05, 3.63) is 12.2 Å². The van der Waals surface area contributed by atoms with Crippen molar-refractivity contribution in [2.75, 3.05) is 6.54 Å². The fraction of sp³-hybridized carbons (Fsp3) is 0.882. The van der Waals surface area contributed by atoms with E-state index in [2.05, 4.69) is 19.1 Å². The van der Waals surface area contributed by atoms with Crippen LogP contribution in [0, 0.1) is 23.7 Å². The predicted octanol–water partition coefficient (Wildman–Crippen LogP) is 4.52. The van der Waals surface area contributed by atoms with E-state index in [0.717, 1.165) is 30.2 Å². The summed E-state index contributed by atoms with van der Waals surface area (Å²) in [4.78, 5) is 0. The Morgan fingerprint density at radius 1 is 1.06 bits per heavy atom. The van der Waals surface area contributed by atoms with Gasteiger partial charge in [-0.05, 0) is 55.9 Å². The van der Waals surface area contributed by atoms with Crippen LogP contribution in [0.5, 0.6) is 0 Å². The number of rotatable bonds is 7. The first-order valence-corrected chi connectivity index (χ1v) is 8.16. The molecule has 0 saturated heterocycles. The first-order chi connectivity index (χ1) is 8.81. The van der Waals surface area contributed by atoms with Gasteiger partial charge in [0.2, 0.25) is 0 Å². The zero-order chi connectivity index (χ0) is 12.8. The fourth-order valence-corrected chi connectivity index (χ4v) is 3.83.